The maximum Gasteiger partial charge on any atom is 0.266 e. The number of anilines is 1. The molecule has 1 N–H and O–H groups in total. The van der Waals surface area contributed by atoms with E-state index in [1.165, 1.54) is 48.8 Å². The summed E-state index contributed by atoms with van der Waals surface area (Å²) in [4.78, 5) is 12.9. The zero-order chi connectivity index (χ0) is 16.4. The van der Waals surface area contributed by atoms with Gasteiger partial charge in [-0.3, -0.25) is 4.79 Å². The molecule has 3 aromatic rings. The van der Waals surface area contributed by atoms with E-state index in [0.717, 1.165) is 0 Å². The van der Waals surface area contributed by atoms with E-state index in [9.17, 15) is 13.6 Å². The van der Waals surface area contributed by atoms with Crippen LogP contribution < -0.4 is 5.32 Å². The molecule has 0 bridgehead atoms. The van der Waals surface area contributed by atoms with Crippen molar-refractivity contribution in [1.29, 1.82) is 0 Å². The maximum absolute atomic E-state index is 14.1. The van der Waals surface area contributed by atoms with Gasteiger partial charge in [0.05, 0.1) is 11.5 Å². The third-order valence-corrected chi connectivity index (χ3v) is 4.56. The molecule has 0 saturated heterocycles. The standard InChI is InChI=1S/C17H13F2NO2S/c1-22-9-12-15-13(19)3-2-4-14(15)23-16(12)17(21)20-11-7-5-10(18)6-8-11/h2-8H,9H2,1H3,(H,20,21). The molecule has 6 heteroatoms. The molecule has 0 radical (unpaired) electrons. The first-order chi connectivity index (χ1) is 11.1. The molecule has 0 saturated carbocycles. The van der Waals surface area contributed by atoms with Gasteiger partial charge in [0.15, 0.2) is 0 Å². The highest BCUT2D eigenvalue weighted by atomic mass is 32.1. The fourth-order valence-corrected chi connectivity index (χ4v) is 3.47. The van der Waals surface area contributed by atoms with Gasteiger partial charge in [0.25, 0.3) is 5.91 Å². The van der Waals surface area contributed by atoms with Crippen molar-refractivity contribution < 1.29 is 18.3 Å². The van der Waals surface area contributed by atoms with E-state index < -0.39 is 0 Å². The van der Waals surface area contributed by atoms with Crippen LogP contribution in [0.1, 0.15) is 15.2 Å². The lowest BCUT2D eigenvalue weighted by molar-refractivity contribution is 0.102. The zero-order valence-electron chi connectivity index (χ0n) is 12.2. The fourth-order valence-electron chi connectivity index (χ4n) is 2.35. The van der Waals surface area contributed by atoms with E-state index in [1.54, 1.807) is 12.1 Å². The summed E-state index contributed by atoms with van der Waals surface area (Å²) >= 11 is 1.20. The van der Waals surface area contributed by atoms with Crippen LogP contribution >= 0.6 is 11.3 Å². The van der Waals surface area contributed by atoms with Crippen molar-refractivity contribution in [2.45, 2.75) is 6.61 Å². The van der Waals surface area contributed by atoms with E-state index in [4.69, 9.17) is 4.74 Å². The lowest BCUT2D eigenvalue weighted by Crippen LogP contribution is -2.12. The second kappa shape index (κ2) is 6.44. The number of hydrogen-bond acceptors (Lipinski definition) is 3. The number of halogens is 2. The van der Waals surface area contributed by atoms with Crippen LogP contribution in [-0.4, -0.2) is 13.0 Å². The number of ether oxygens (including phenoxy) is 1. The SMILES string of the molecule is COCc1c(C(=O)Nc2ccc(F)cc2)sc2cccc(F)c12. The van der Waals surface area contributed by atoms with Crippen molar-refractivity contribution in [2.24, 2.45) is 0 Å². The molecule has 118 valence electrons. The minimum atomic E-state index is -0.383. The number of benzene rings is 2. The van der Waals surface area contributed by atoms with Crippen molar-refractivity contribution in [2.75, 3.05) is 12.4 Å². The Labute approximate surface area is 135 Å². The Morgan fingerprint density at radius 2 is 1.91 bits per heavy atom. The molecule has 0 aliphatic heterocycles. The van der Waals surface area contributed by atoms with Crippen LogP contribution in [0.4, 0.5) is 14.5 Å². The molecule has 1 amide bonds. The average molecular weight is 333 g/mol. The summed E-state index contributed by atoms with van der Waals surface area (Å²) in [6.45, 7) is 0.132. The Morgan fingerprint density at radius 1 is 1.17 bits per heavy atom. The van der Waals surface area contributed by atoms with Crippen molar-refractivity contribution in [3.8, 4) is 0 Å². The second-order valence-corrected chi connectivity index (χ2v) is 5.97. The number of methoxy groups -OCH3 is 1. The number of thiophene rings is 1. The third kappa shape index (κ3) is 3.09. The van der Waals surface area contributed by atoms with Gasteiger partial charge in [0, 0.05) is 28.4 Å². The summed E-state index contributed by atoms with van der Waals surface area (Å²) in [6.07, 6.45) is 0. The van der Waals surface area contributed by atoms with Gasteiger partial charge in [-0.1, -0.05) is 6.07 Å². The van der Waals surface area contributed by atoms with E-state index in [2.05, 4.69) is 5.32 Å². The fraction of sp³-hybridized carbons (Fsp3) is 0.118. The normalized spacial score (nSPS) is 10.9. The van der Waals surface area contributed by atoms with Crippen LogP contribution in [0.5, 0.6) is 0 Å². The predicted octanol–water partition coefficient (Wildman–Crippen LogP) is 4.58. The van der Waals surface area contributed by atoms with Crippen LogP contribution in [0.25, 0.3) is 10.1 Å². The molecular formula is C17H13F2NO2S. The molecule has 0 aliphatic rings. The van der Waals surface area contributed by atoms with Gasteiger partial charge in [-0.25, -0.2) is 8.78 Å². The van der Waals surface area contributed by atoms with Gasteiger partial charge in [-0.15, -0.1) is 11.3 Å². The highest BCUT2D eigenvalue weighted by molar-refractivity contribution is 7.21. The quantitative estimate of drug-likeness (QED) is 0.759. The van der Waals surface area contributed by atoms with Gasteiger partial charge in [-0.05, 0) is 36.4 Å². The molecular weight excluding hydrogens is 320 g/mol. The lowest BCUT2D eigenvalue weighted by atomic mass is 10.1. The van der Waals surface area contributed by atoms with Crippen molar-refractivity contribution in [3.63, 3.8) is 0 Å². The van der Waals surface area contributed by atoms with Crippen molar-refractivity contribution in [3.05, 3.63) is 64.5 Å². The van der Waals surface area contributed by atoms with Gasteiger partial charge in [-0.2, -0.15) is 0 Å². The van der Waals surface area contributed by atoms with Crippen LogP contribution in [-0.2, 0) is 11.3 Å². The molecule has 1 aromatic heterocycles. The van der Waals surface area contributed by atoms with Gasteiger partial charge in [0.1, 0.15) is 11.6 Å². The Morgan fingerprint density at radius 3 is 2.61 bits per heavy atom. The second-order valence-electron chi connectivity index (χ2n) is 4.92. The molecule has 23 heavy (non-hydrogen) atoms. The predicted molar refractivity (Wildman–Crippen MR) is 86.8 cm³/mol. The number of fused-ring (bicyclic) bond motifs is 1. The van der Waals surface area contributed by atoms with Crippen LogP contribution in [0.15, 0.2) is 42.5 Å². The van der Waals surface area contributed by atoms with Gasteiger partial charge >= 0.3 is 0 Å². The van der Waals surface area contributed by atoms with E-state index in [0.29, 0.717) is 26.2 Å². The van der Waals surface area contributed by atoms with E-state index in [-0.39, 0.29) is 24.1 Å². The molecule has 0 aliphatic carbocycles. The van der Waals surface area contributed by atoms with Crippen molar-refractivity contribution >= 4 is 33.0 Å². The Balaban J connectivity index is 2.01. The highest BCUT2D eigenvalue weighted by Crippen LogP contribution is 2.34. The number of rotatable bonds is 4. The van der Waals surface area contributed by atoms with E-state index in [1.807, 2.05) is 0 Å². The minimum Gasteiger partial charge on any atom is -0.380 e. The van der Waals surface area contributed by atoms with Crippen LogP contribution in [0.2, 0.25) is 0 Å². The van der Waals surface area contributed by atoms with Crippen LogP contribution in [0.3, 0.4) is 0 Å². The topological polar surface area (TPSA) is 38.3 Å². The number of nitrogens with one attached hydrogen (secondary N) is 1. The molecule has 0 unspecified atom stereocenters. The van der Waals surface area contributed by atoms with Crippen LogP contribution in [0, 0.1) is 11.6 Å². The summed E-state index contributed by atoms with van der Waals surface area (Å²) in [6, 6.07) is 10.2. The summed E-state index contributed by atoms with van der Waals surface area (Å²) in [5.41, 5.74) is 0.989. The molecule has 1 heterocycles. The summed E-state index contributed by atoms with van der Waals surface area (Å²) in [7, 11) is 1.49. The molecule has 0 atom stereocenters. The van der Waals surface area contributed by atoms with Gasteiger partial charge in [0.2, 0.25) is 0 Å². The maximum atomic E-state index is 14.1. The first kappa shape index (κ1) is 15.6. The number of amides is 1. The van der Waals surface area contributed by atoms with E-state index >= 15 is 0 Å². The first-order valence-corrected chi connectivity index (χ1v) is 7.67. The summed E-state index contributed by atoms with van der Waals surface area (Å²) in [5, 5.41) is 3.10. The number of carbonyl (C=O) groups is 1. The number of carbonyl (C=O) groups excluding carboxylic acids is 1. The Hall–Kier alpha value is -2.31. The minimum absolute atomic E-state index is 0.132. The van der Waals surface area contributed by atoms with Gasteiger partial charge < -0.3 is 10.1 Å². The third-order valence-electron chi connectivity index (χ3n) is 3.36. The monoisotopic (exact) mass is 333 g/mol. The average Bonchev–Trinajstić information content (AvgIpc) is 2.90. The molecule has 2 aromatic carbocycles. The smallest absolute Gasteiger partial charge is 0.266 e. The number of hydrogen-bond donors (Lipinski definition) is 1. The molecule has 0 spiro atoms. The Kier molecular flexibility index (Phi) is 4.36. The highest BCUT2D eigenvalue weighted by Gasteiger charge is 2.20. The summed E-state index contributed by atoms with van der Waals surface area (Å²) < 4.78 is 32.8. The van der Waals surface area contributed by atoms with Crippen molar-refractivity contribution in [1.82, 2.24) is 0 Å². The first-order valence-electron chi connectivity index (χ1n) is 6.86. The Bertz CT molecular complexity index is 859. The molecule has 3 rings (SSSR count). The summed E-state index contributed by atoms with van der Waals surface area (Å²) in [5.74, 6) is -1.14. The lowest BCUT2D eigenvalue weighted by Gasteiger charge is -2.06. The molecule has 3 nitrogen and oxygen atoms in total. The largest absolute Gasteiger partial charge is 0.380 e. The molecule has 0 fully saturated rings. The zero-order valence-corrected chi connectivity index (χ0v) is 13.0.